The van der Waals surface area contributed by atoms with E-state index in [0.717, 1.165) is 10.9 Å². The highest BCUT2D eigenvalue weighted by Gasteiger charge is 2.09. The van der Waals surface area contributed by atoms with Gasteiger partial charge in [0.25, 0.3) is 0 Å². The summed E-state index contributed by atoms with van der Waals surface area (Å²) >= 11 is 0. The quantitative estimate of drug-likeness (QED) is 0.683. The molecule has 0 saturated heterocycles. The summed E-state index contributed by atoms with van der Waals surface area (Å²) in [5.41, 5.74) is 2.07. The number of benzene rings is 1. The number of hydrogen-bond donors (Lipinski definition) is 3. The standard InChI is InChI=1S/C13H13FN6/c1-7-3-8(14)5-9(4-7)17-11-10-6-16-20-12(10)19-13(15-2)18-11/h3-6H,1-2H3,(H3,15,16,17,18,19,20). The predicted octanol–water partition coefficient (Wildman–Crippen LogP) is 2.59. The number of hydrogen-bond acceptors (Lipinski definition) is 5. The van der Waals surface area contributed by atoms with E-state index in [2.05, 4.69) is 30.8 Å². The number of aryl methyl sites for hydroxylation is 1. The SMILES string of the molecule is CNc1nc(Nc2cc(C)cc(F)c2)c2cn[nH]c2n1. The first-order valence-corrected chi connectivity index (χ1v) is 6.09. The van der Waals surface area contributed by atoms with Gasteiger partial charge in [-0.05, 0) is 30.7 Å². The molecule has 0 unspecified atom stereocenters. The average molecular weight is 272 g/mol. The first-order valence-electron chi connectivity index (χ1n) is 6.09. The first kappa shape index (κ1) is 12.3. The Hall–Kier alpha value is -2.70. The molecular weight excluding hydrogens is 259 g/mol. The van der Waals surface area contributed by atoms with Crippen molar-refractivity contribution < 1.29 is 4.39 Å². The van der Waals surface area contributed by atoms with Crippen molar-refractivity contribution in [3.63, 3.8) is 0 Å². The largest absolute Gasteiger partial charge is 0.357 e. The number of rotatable bonds is 3. The minimum atomic E-state index is -0.293. The van der Waals surface area contributed by atoms with E-state index in [0.29, 0.717) is 23.1 Å². The van der Waals surface area contributed by atoms with Crippen molar-refractivity contribution in [3.05, 3.63) is 35.8 Å². The molecule has 2 heterocycles. The van der Waals surface area contributed by atoms with Crippen LogP contribution in [-0.2, 0) is 0 Å². The second-order valence-electron chi connectivity index (χ2n) is 4.42. The summed E-state index contributed by atoms with van der Waals surface area (Å²) in [7, 11) is 1.73. The van der Waals surface area contributed by atoms with Gasteiger partial charge in [0.1, 0.15) is 11.6 Å². The topological polar surface area (TPSA) is 78.5 Å². The number of aromatic amines is 1. The van der Waals surface area contributed by atoms with Crippen LogP contribution in [0, 0.1) is 12.7 Å². The Bertz CT molecular complexity index is 746. The zero-order chi connectivity index (χ0) is 14.1. The van der Waals surface area contributed by atoms with E-state index in [1.54, 1.807) is 13.2 Å². The third-order valence-corrected chi connectivity index (χ3v) is 2.84. The molecule has 3 rings (SSSR count). The highest BCUT2D eigenvalue weighted by molar-refractivity contribution is 5.89. The lowest BCUT2D eigenvalue weighted by atomic mass is 10.2. The van der Waals surface area contributed by atoms with E-state index in [-0.39, 0.29) is 5.82 Å². The summed E-state index contributed by atoms with van der Waals surface area (Å²) in [4.78, 5) is 8.57. The van der Waals surface area contributed by atoms with E-state index in [9.17, 15) is 4.39 Å². The Labute approximate surface area is 114 Å². The molecule has 0 aliphatic carbocycles. The second-order valence-corrected chi connectivity index (χ2v) is 4.42. The third-order valence-electron chi connectivity index (χ3n) is 2.84. The summed E-state index contributed by atoms with van der Waals surface area (Å²) in [6, 6.07) is 4.73. The molecular formula is C13H13FN6. The van der Waals surface area contributed by atoms with Crippen LogP contribution in [0.5, 0.6) is 0 Å². The Morgan fingerprint density at radius 3 is 2.80 bits per heavy atom. The molecule has 0 atom stereocenters. The van der Waals surface area contributed by atoms with Crippen molar-refractivity contribution in [2.24, 2.45) is 0 Å². The van der Waals surface area contributed by atoms with Crippen molar-refractivity contribution in [2.45, 2.75) is 6.92 Å². The van der Waals surface area contributed by atoms with Gasteiger partial charge < -0.3 is 10.6 Å². The molecule has 0 aliphatic rings. The summed E-state index contributed by atoms with van der Waals surface area (Å²) in [5.74, 6) is 0.731. The zero-order valence-corrected chi connectivity index (χ0v) is 11.0. The molecule has 0 spiro atoms. The summed E-state index contributed by atoms with van der Waals surface area (Å²) in [5, 5.41) is 13.4. The van der Waals surface area contributed by atoms with Gasteiger partial charge in [0.05, 0.1) is 11.6 Å². The summed E-state index contributed by atoms with van der Waals surface area (Å²) in [6.45, 7) is 1.83. The van der Waals surface area contributed by atoms with Crippen LogP contribution < -0.4 is 10.6 Å². The number of fused-ring (bicyclic) bond motifs is 1. The minimum absolute atomic E-state index is 0.293. The third kappa shape index (κ3) is 2.25. The summed E-state index contributed by atoms with van der Waals surface area (Å²) in [6.07, 6.45) is 1.63. The molecule has 0 saturated carbocycles. The summed E-state index contributed by atoms with van der Waals surface area (Å²) < 4.78 is 13.4. The molecule has 0 bridgehead atoms. The zero-order valence-electron chi connectivity index (χ0n) is 11.0. The van der Waals surface area contributed by atoms with E-state index < -0.39 is 0 Å². The number of aromatic nitrogens is 4. The highest BCUT2D eigenvalue weighted by atomic mass is 19.1. The van der Waals surface area contributed by atoms with Crippen LogP contribution in [0.25, 0.3) is 11.0 Å². The monoisotopic (exact) mass is 272 g/mol. The molecule has 0 amide bonds. The van der Waals surface area contributed by atoms with Gasteiger partial charge in [0.15, 0.2) is 5.65 Å². The molecule has 0 radical (unpaired) electrons. The van der Waals surface area contributed by atoms with Gasteiger partial charge in [0.2, 0.25) is 5.95 Å². The maximum atomic E-state index is 13.4. The number of H-pyrrole nitrogens is 1. The molecule has 0 aliphatic heterocycles. The fourth-order valence-electron chi connectivity index (χ4n) is 1.99. The maximum absolute atomic E-state index is 13.4. The van der Waals surface area contributed by atoms with Crippen LogP contribution in [0.4, 0.5) is 21.8 Å². The Morgan fingerprint density at radius 2 is 2.05 bits per heavy atom. The second kappa shape index (κ2) is 4.76. The normalized spacial score (nSPS) is 10.8. The molecule has 20 heavy (non-hydrogen) atoms. The van der Waals surface area contributed by atoms with Gasteiger partial charge in [-0.15, -0.1) is 0 Å². The Kier molecular flexibility index (Phi) is 2.94. The van der Waals surface area contributed by atoms with Crippen molar-refractivity contribution in [1.29, 1.82) is 0 Å². The van der Waals surface area contributed by atoms with E-state index in [1.165, 1.54) is 12.1 Å². The smallest absolute Gasteiger partial charge is 0.226 e. The van der Waals surface area contributed by atoms with Crippen LogP contribution in [0.15, 0.2) is 24.4 Å². The molecule has 1 aromatic carbocycles. The molecule has 3 aromatic rings. The molecule has 2 aromatic heterocycles. The van der Waals surface area contributed by atoms with Crippen molar-refractivity contribution in [2.75, 3.05) is 17.7 Å². The van der Waals surface area contributed by atoms with Gasteiger partial charge >= 0.3 is 0 Å². The van der Waals surface area contributed by atoms with Crippen molar-refractivity contribution in [3.8, 4) is 0 Å². The predicted molar refractivity (Wildman–Crippen MR) is 75.7 cm³/mol. The van der Waals surface area contributed by atoms with Gasteiger partial charge in [-0.25, -0.2) is 4.39 Å². The Balaban J connectivity index is 2.07. The molecule has 6 nitrogen and oxygen atoms in total. The van der Waals surface area contributed by atoms with Crippen LogP contribution in [0.1, 0.15) is 5.56 Å². The van der Waals surface area contributed by atoms with Crippen molar-refractivity contribution >= 4 is 28.5 Å². The maximum Gasteiger partial charge on any atom is 0.226 e. The molecule has 3 N–H and O–H groups in total. The van der Waals surface area contributed by atoms with Crippen LogP contribution in [-0.4, -0.2) is 27.2 Å². The van der Waals surface area contributed by atoms with Gasteiger partial charge in [0, 0.05) is 12.7 Å². The van der Waals surface area contributed by atoms with Gasteiger partial charge in [-0.1, -0.05) is 0 Å². The van der Waals surface area contributed by atoms with Gasteiger partial charge in [-0.2, -0.15) is 15.1 Å². The Morgan fingerprint density at radius 1 is 1.20 bits per heavy atom. The number of nitrogens with zero attached hydrogens (tertiary/aromatic N) is 3. The van der Waals surface area contributed by atoms with E-state index >= 15 is 0 Å². The van der Waals surface area contributed by atoms with Crippen LogP contribution in [0.2, 0.25) is 0 Å². The first-order chi connectivity index (χ1) is 9.65. The van der Waals surface area contributed by atoms with E-state index in [4.69, 9.17) is 0 Å². The van der Waals surface area contributed by atoms with Crippen LogP contribution in [0.3, 0.4) is 0 Å². The van der Waals surface area contributed by atoms with Crippen LogP contribution >= 0.6 is 0 Å². The van der Waals surface area contributed by atoms with Gasteiger partial charge in [-0.3, -0.25) is 5.10 Å². The van der Waals surface area contributed by atoms with Crippen molar-refractivity contribution in [1.82, 2.24) is 20.2 Å². The minimum Gasteiger partial charge on any atom is -0.357 e. The highest BCUT2D eigenvalue weighted by Crippen LogP contribution is 2.24. The molecule has 0 fully saturated rings. The fourth-order valence-corrected chi connectivity index (χ4v) is 1.99. The lowest BCUT2D eigenvalue weighted by Gasteiger charge is -2.09. The number of anilines is 3. The average Bonchev–Trinajstić information content (AvgIpc) is 2.85. The lowest BCUT2D eigenvalue weighted by Crippen LogP contribution is -2.01. The lowest BCUT2D eigenvalue weighted by molar-refractivity contribution is 0.627. The number of halogens is 1. The molecule has 102 valence electrons. The number of nitrogens with one attached hydrogen (secondary N) is 3. The van der Waals surface area contributed by atoms with E-state index in [1.807, 2.05) is 13.0 Å². The fraction of sp³-hybridized carbons (Fsp3) is 0.154. The molecule has 7 heteroatoms.